The number of rotatable bonds is 3. The molecule has 0 aliphatic carbocycles. The number of hydrogen-bond acceptors (Lipinski definition) is 3. The Morgan fingerprint density at radius 2 is 2.05 bits per heavy atom. The van der Waals surface area contributed by atoms with Crippen molar-refractivity contribution in [3.8, 4) is 5.75 Å². The van der Waals surface area contributed by atoms with Gasteiger partial charge in [0.25, 0.3) is 0 Å². The predicted molar refractivity (Wildman–Crippen MR) is 78.5 cm³/mol. The summed E-state index contributed by atoms with van der Waals surface area (Å²) in [4.78, 5) is 11.9. The average Bonchev–Trinajstić information content (AvgIpc) is 2.47. The van der Waals surface area contributed by atoms with E-state index in [2.05, 4.69) is 0 Å². The van der Waals surface area contributed by atoms with Crippen molar-refractivity contribution >= 4 is 28.4 Å². The second kappa shape index (κ2) is 5.50. The summed E-state index contributed by atoms with van der Waals surface area (Å²) in [7, 11) is -1.43. The van der Waals surface area contributed by atoms with Crippen LogP contribution in [0.4, 0.5) is 0 Å². The van der Waals surface area contributed by atoms with Crippen LogP contribution in [0.15, 0.2) is 46.2 Å². The van der Waals surface area contributed by atoms with E-state index >= 15 is 0 Å². The van der Waals surface area contributed by atoms with Crippen molar-refractivity contribution in [3.63, 3.8) is 0 Å². The molecule has 1 N–H and O–H groups in total. The van der Waals surface area contributed by atoms with Crippen LogP contribution < -0.4 is 4.74 Å². The summed E-state index contributed by atoms with van der Waals surface area (Å²) >= 11 is 6.20. The van der Waals surface area contributed by atoms with Gasteiger partial charge < -0.3 is 9.84 Å². The number of fused-ring (bicyclic) bond motifs is 2. The third-order valence-electron chi connectivity index (χ3n) is 3.24. The van der Waals surface area contributed by atoms with Crippen LogP contribution >= 0.6 is 11.6 Å². The maximum absolute atomic E-state index is 12.8. The first-order chi connectivity index (χ1) is 10.1. The highest BCUT2D eigenvalue weighted by atomic mass is 35.5. The molecule has 1 unspecified atom stereocenters. The van der Waals surface area contributed by atoms with Crippen molar-refractivity contribution in [1.82, 2.24) is 0 Å². The quantitative estimate of drug-likeness (QED) is 0.805. The lowest BCUT2D eigenvalue weighted by Crippen LogP contribution is -2.15. The highest BCUT2D eigenvalue weighted by Gasteiger charge is 2.27. The van der Waals surface area contributed by atoms with E-state index in [1.165, 1.54) is 0 Å². The van der Waals surface area contributed by atoms with Crippen molar-refractivity contribution in [2.45, 2.75) is 16.2 Å². The molecular formula is C15H11ClO4S. The molecule has 1 heterocycles. The Balaban J connectivity index is 2.11. The molecule has 0 saturated carbocycles. The summed E-state index contributed by atoms with van der Waals surface area (Å²) in [5, 5.41) is 9.24. The largest absolute Gasteiger partial charge is 0.481 e. The van der Waals surface area contributed by atoms with Gasteiger partial charge >= 0.3 is 5.97 Å². The molecule has 2 aromatic carbocycles. The number of halogens is 1. The van der Waals surface area contributed by atoms with Crippen molar-refractivity contribution in [1.29, 1.82) is 0 Å². The van der Waals surface area contributed by atoms with Gasteiger partial charge in [-0.05, 0) is 29.3 Å². The molecule has 0 fully saturated rings. The predicted octanol–water partition coefficient (Wildman–Crippen LogP) is 2.87. The molecule has 0 amide bonds. The zero-order chi connectivity index (χ0) is 15.0. The first kappa shape index (κ1) is 14.1. The van der Waals surface area contributed by atoms with Gasteiger partial charge in [0.1, 0.15) is 5.75 Å². The standard InChI is InChI=1S/C15H11ClO4S/c16-11-5-6-12(20-8-14(17)18)15-10(11)7-9-3-1-2-4-13(9)21(15)19/h1-6H,7-8H2,(H,17,18). The molecule has 1 atom stereocenters. The van der Waals surface area contributed by atoms with E-state index in [4.69, 9.17) is 21.4 Å². The Morgan fingerprint density at radius 1 is 1.29 bits per heavy atom. The van der Waals surface area contributed by atoms with Gasteiger partial charge in [-0.2, -0.15) is 0 Å². The Hall–Kier alpha value is -1.85. The molecule has 6 heteroatoms. The minimum atomic E-state index is -1.43. The lowest BCUT2D eigenvalue weighted by atomic mass is 10.0. The fourth-order valence-electron chi connectivity index (χ4n) is 2.33. The van der Waals surface area contributed by atoms with Gasteiger partial charge in [0, 0.05) is 16.3 Å². The lowest BCUT2D eigenvalue weighted by molar-refractivity contribution is -0.139. The fourth-order valence-corrected chi connectivity index (χ4v) is 4.13. The number of carboxylic acid groups (broad SMARTS) is 1. The third-order valence-corrected chi connectivity index (χ3v) is 5.21. The molecule has 0 radical (unpaired) electrons. The summed E-state index contributed by atoms with van der Waals surface area (Å²) in [5.74, 6) is -0.773. The summed E-state index contributed by atoms with van der Waals surface area (Å²) in [6.45, 7) is -0.479. The second-order valence-electron chi connectivity index (χ2n) is 4.59. The van der Waals surface area contributed by atoms with E-state index < -0.39 is 23.4 Å². The van der Waals surface area contributed by atoms with Gasteiger partial charge in [-0.3, -0.25) is 0 Å². The number of hydrogen-bond donors (Lipinski definition) is 1. The van der Waals surface area contributed by atoms with Crippen molar-refractivity contribution < 1.29 is 18.8 Å². The van der Waals surface area contributed by atoms with Gasteiger partial charge in [-0.1, -0.05) is 29.8 Å². The first-order valence-electron chi connectivity index (χ1n) is 6.23. The van der Waals surface area contributed by atoms with Crippen LogP contribution in [0, 0.1) is 0 Å². The Kier molecular flexibility index (Phi) is 3.69. The Labute approximate surface area is 128 Å². The van der Waals surface area contributed by atoms with E-state index in [9.17, 15) is 9.00 Å². The monoisotopic (exact) mass is 322 g/mol. The van der Waals surface area contributed by atoms with Crippen LogP contribution in [-0.2, 0) is 22.0 Å². The average molecular weight is 323 g/mol. The van der Waals surface area contributed by atoms with Gasteiger partial charge in [0.15, 0.2) is 6.61 Å². The molecule has 0 bridgehead atoms. The molecule has 0 spiro atoms. The van der Waals surface area contributed by atoms with Gasteiger partial charge in [-0.25, -0.2) is 9.00 Å². The highest BCUT2D eigenvalue weighted by Crippen LogP contribution is 2.40. The van der Waals surface area contributed by atoms with E-state index in [1.807, 2.05) is 18.2 Å². The molecule has 3 rings (SSSR count). The minimum absolute atomic E-state index is 0.310. The summed E-state index contributed by atoms with van der Waals surface area (Å²) in [5.41, 5.74) is 1.69. The SMILES string of the molecule is O=C(O)COc1ccc(Cl)c2c1S(=O)c1ccccc1C2. The second-order valence-corrected chi connectivity index (χ2v) is 6.38. The minimum Gasteiger partial charge on any atom is -0.481 e. The van der Waals surface area contributed by atoms with E-state index in [-0.39, 0.29) is 0 Å². The summed E-state index contributed by atoms with van der Waals surface area (Å²) in [6.07, 6.45) is 0.556. The van der Waals surface area contributed by atoms with E-state index in [1.54, 1.807) is 18.2 Å². The van der Waals surface area contributed by atoms with Gasteiger partial charge in [0.05, 0.1) is 15.7 Å². The zero-order valence-corrected chi connectivity index (χ0v) is 12.4. The molecule has 0 aromatic heterocycles. The third kappa shape index (κ3) is 2.54. The number of carbonyl (C=O) groups is 1. The number of aliphatic carboxylic acids is 1. The summed E-state index contributed by atoms with van der Waals surface area (Å²) < 4.78 is 18.0. The maximum atomic E-state index is 12.8. The maximum Gasteiger partial charge on any atom is 0.341 e. The number of benzene rings is 2. The fraction of sp³-hybridized carbons (Fsp3) is 0.133. The van der Waals surface area contributed by atoms with Crippen molar-refractivity contribution in [2.24, 2.45) is 0 Å². The first-order valence-corrected chi connectivity index (χ1v) is 7.76. The van der Waals surface area contributed by atoms with Crippen molar-refractivity contribution in [3.05, 3.63) is 52.5 Å². The van der Waals surface area contributed by atoms with Crippen LogP contribution in [0.3, 0.4) is 0 Å². The molecule has 21 heavy (non-hydrogen) atoms. The molecule has 0 saturated heterocycles. The molecule has 4 nitrogen and oxygen atoms in total. The Bertz CT molecular complexity index is 757. The van der Waals surface area contributed by atoms with Crippen LogP contribution in [-0.4, -0.2) is 21.9 Å². The van der Waals surface area contributed by atoms with Crippen LogP contribution in [0.25, 0.3) is 0 Å². The van der Waals surface area contributed by atoms with E-state index in [0.29, 0.717) is 27.0 Å². The van der Waals surface area contributed by atoms with Crippen LogP contribution in [0.1, 0.15) is 11.1 Å². The smallest absolute Gasteiger partial charge is 0.341 e. The normalized spacial score (nSPS) is 16.0. The molecule has 108 valence electrons. The zero-order valence-electron chi connectivity index (χ0n) is 10.8. The van der Waals surface area contributed by atoms with Gasteiger partial charge in [0.2, 0.25) is 0 Å². The topological polar surface area (TPSA) is 63.6 Å². The number of carboxylic acids is 1. The molecule has 1 aliphatic rings. The molecule has 2 aromatic rings. The van der Waals surface area contributed by atoms with Crippen LogP contribution in [0.2, 0.25) is 5.02 Å². The lowest BCUT2D eigenvalue weighted by Gasteiger charge is -2.22. The van der Waals surface area contributed by atoms with E-state index in [0.717, 1.165) is 11.1 Å². The Morgan fingerprint density at radius 3 is 2.81 bits per heavy atom. The highest BCUT2D eigenvalue weighted by molar-refractivity contribution is 7.85. The molecular weight excluding hydrogens is 312 g/mol. The number of ether oxygens (including phenoxy) is 1. The molecule has 1 aliphatic heterocycles. The van der Waals surface area contributed by atoms with Crippen LogP contribution in [0.5, 0.6) is 5.75 Å². The van der Waals surface area contributed by atoms with Crippen molar-refractivity contribution in [2.75, 3.05) is 6.61 Å². The van der Waals surface area contributed by atoms with Gasteiger partial charge in [-0.15, -0.1) is 0 Å². The summed E-state index contributed by atoms with van der Waals surface area (Å²) in [6, 6.07) is 10.6.